The second-order valence-electron chi connectivity index (χ2n) is 7.63. The van der Waals surface area contributed by atoms with Gasteiger partial charge in [0.05, 0.1) is 30.0 Å². The molecule has 2 heterocycles. The summed E-state index contributed by atoms with van der Waals surface area (Å²) in [6, 6.07) is 3.21. The highest BCUT2D eigenvalue weighted by atomic mass is 35.5. The smallest absolute Gasteiger partial charge is 0.241 e. The second kappa shape index (κ2) is 11.1. The number of ketones is 1. The van der Waals surface area contributed by atoms with Crippen LogP contribution >= 0.6 is 11.6 Å². The van der Waals surface area contributed by atoms with Gasteiger partial charge in [-0.2, -0.15) is 4.98 Å². The first-order chi connectivity index (χ1) is 15.8. The number of piperidine rings is 1. The van der Waals surface area contributed by atoms with E-state index in [1.165, 1.54) is 29.7 Å². The summed E-state index contributed by atoms with van der Waals surface area (Å²) in [5.41, 5.74) is 5.95. The van der Waals surface area contributed by atoms with Crippen molar-refractivity contribution >= 4 is 39.2 Å². The molecular formula is C21H27ClFN5O4S. The molecule has 1 aliphatic rings. The molecule has 0 saturated carbocycles. The highest BCUT2D eigenvalue weighted by molar-refractivity contribution is 7.92. The van der Waals surface area contributed by atoms with Gasteiger partial charge in [-0.15, -0.1) is 11.6 Å². The molecule has 0 spiro atoms. The lowest BCUT2D eigenvalue weighted by Crippen LogP contribution is -2.48. The van der Waals surface area contributed by atoms with Crippen LogP contribution in [0.1, 0.15) is 41.6 Å². The number of nitrogen functional groups attached to an aromatic ring is 1. The lowest BCUT2D eigenvalue weighted by molar-refractivity contribution is 0.103. The number of hydrogen-bond donors (Lipinski definition) is 2. The molecule has 1 saturated heterocycles. The Kier molecular flexibility index (Phi) is 8.44. The van der Waals surface area contributed by atoms with Crippen molar-refractivity contribution in [3.05, 3.63) is 41.3 Å². The number of carbonyl (C=O) groups excluding carboxylic acids is 1. The number of halogens is 2. The molecule has 33 heavy (non-hydrogen) atoms. The van der Waals surface area contributed by atoms with Crippen molar-refractivity contribution < 1.29 is 22.3 Å². The zero-order valence-corrected chi connectivity index (χ0v) is 19.8. The fraction of sp³-hybridized carbons (Fsp3) is 0.476. The third-order valence-corrected chi connectivity index (χ3v) is 7.51. The van der Waals surface area contributed by atoms with Crippen LogP contribution in [0.2, 0.25) is 0 Å². The number of alkyl halides is 1. The van der Waals surface area contributed by atoms with Gasteiger partial charge in [0.1, 0.15) is 17.4 Å². The fourth-order valence-electron chi connectivity index (χ4n) is 3.70. The summed E-state index contributed by atoms with van der Waals surface area (Å²) < 4.78 is 46.5. The van der Waals surface area contributed by atoms with E-state index < -0.39 is 21.6 Å². The Balaban J connectivity index is 1.97. The number of rotatable bonds is 10. The van der Waals surface area contributed by atoms with E-state index in [2.05, 4.69) is 15.3 Å². The Bertz CT molecular complexity index is 1100. The molecule has 1 aromatic heterocycles. The Morgan fingerprint density at radius 2 is 2.03 bits per heavy atom. The molecule has 0 radical (unpaired) electrons. The Morgan fingerprint density at radius 3 is 2.67 bits per heavy atom. The number of carbonyl (C=O) groups is 1. The molecule has 12 heteroatoms. The van der Waals surface area contributed by atoms with Crippen LogP contribution in [0.4, 0.5) is 16.2 Å². The van der Waals surface area contributed by atoms with Crippen LogP contribution in [0.5, 0.6) is 5.75 Å². The summed E-state index contributed by atoms with van der Waals surface area (Å²) >= 11 is 5.70. The minimum atomic E-state index is -3.75. The minimum absolute atomic E-state index is 0.0375. The Hall–Kier alpha value is -2.50. The third kappa shape index (κ3) is 5.90. The molecule has 0 amide bonds. The maximum atomic E-state index is 13.7. The number of sulfonamides is 1. The lowest BCUT2D eigenvalue weighted by atomic mass is 10.0. The van der Waals surface area contributed by atoms with Crippen molar-refractivity contribution in [1.82, 2.24) is 15.3 Å². The summed E-state index contributed by atoms with van der Waals surface area (Å²) in [5, 5.41) is 3.20. The quantitative estimate of drug-likeness (QED) is 0.289. The number of benzene rings is 1. The first kappa shape index (κ1) is 25.1. The van der Waals surface area contributed by atoms with Crippen LogP contribution in [0.25, 0.3) is 0 Å². The largest absolute Gasteiger partial charge is 0.496 e. The minimum Gasteiger partial charge on any atom is -0.496 e. The van der Waals surface area contributed by atoms with Crippen molar-refractivity contribution in [2.75, 3.05) is 41.9 Å². The van der Waals surface area contributed by atoms with Crippen molar-refractivity contribution in [3.63, 3.8) is 0 Å². The van der Waals surface area contributed by atoms with Crippen molar-refractivity contribution in [2.45, 2.75) is 31.7 Å². The number of aromatic nitrogens is 2. The molecule has 9 nitrogen and oxygen atoms in total. The van der Waals surface area contributed by atoms with Gasteiger partial charge in [0, 0.05) is 12.1 Å². The van der Waals surface area contributed by atoms with Gasteiger partial charge in [-0.3, -0.25) is 4.79 Å². The molecule has 0 bridgehead atoms. The van der Waals surface area contributed by atoms with Crippen LogP contribution in [-0.2, 0) is 10.0 Å². The zero-order chi connectivity index (χ0) is 24.0. The number of nitrogens with one attached hydrogen (secondary N) is 1. The summed E-state index contributed by atoms with van der Waals surface area (Å²) in [5.74, 6) is -1.10. The summed E-state index contributed by atoms with van der Waals surface area (Å²) in [6.07, 6.45) is 3.30. The van der Waals surface area contributed by atoms with E-state index in [9.17, 15) is 17.6 Å². The maximum Gasteiger partial charge on any atom is 0.241 e. The summed E-state index contributed by atoms with van der Waals surface area (Å²) in [4.78, 5) is 21.4. The second-order valence-corrected chi connectivity index (χ2v) is 9.98. The number of nitrogens with zero attached hydrogens (tertiary/aromatic N) is 3. The zero-order valence-electron chi connectivity index (χ0n) is 18.3. The lowest BCUT2D eigenvalue weighted by Gasteiger charge is -2.33. The SMILES string of the molecule is COc1ccc(F)cc1C(=O)c1cnc(N(C2CCNCC2)S(=O)(=O)CCCCCl)nc1N. The van der Waals surface area contributed by atoms with Gasteiger partial charge in [-0.1, -0.05) is 0 Å². The van der Waals surface area contributed by atoms with Gasteiger partial charge in [0.25, 0.3) is 0 Å². The number of hydrogen-bond acceptors (Lipinski definition) is 8. The number of nitrogens with two attached hydrogens (primary N) is 1. The summed E-state index contributed by atoms with van der Waals surface area (Å²) in [7, 11) is -2.39. The number of anilines is 2. The van der Waals surface area contributed by atoms with Crippen molar-refractivity contribution in [3.8, 4) is 5.75 Å². The van der Waals surface area contributed by atoms with E-state index in [0.717, 1.165) is 6.07 Å². The monoisotopic (exact) mass is 499 g/mol. The van der Waals surface area contributed by atoms with E-state index in [0.29, 0.717) is 44.7 Å². The van der Waals surface area contributed by atoms with Gasteiger partial charge >= 0.3 is 0 Å². The van der Waals surface area contributed by atoms with E-state index in [1.54, 1.807) is 0 Å². The number of ether oxygens (including phenoxy) is 1. The summed E-state index contributed by atoms with van der Waals surface area (Å²) in [6.45, 7) is 1.31. The van der Waals surface area contributed by atoms with Gasteiger partial charge in [0.2, 0.25) is 21.8 Å². The first-order valence-corrected chi connectivity index (χ1v) is 12.7. The molecule has 0 unspecified atom stereocenters. The standard InChI is InChI=1S/C21H27ClFN5O4S/c1-32-18-5-4-14(23)12-16(18)19(29)17-13-26-21(27-20(17)24)28(15-6-9-25-10-7-15)33(30,31)11-3-2-8-22/h4-5,12-13,15,25H,2-3,6-11H2,1H3,(H2,24,26,27). The average Bonchev–Trinajstić information content (AvgIpc) is 2.79. The fourth-order valence-corrected chi connectivity index (χ4v) is 5.66. The Morgan fingerprint density at radius 1 is 1.30 bits per heavy atom. The molecule has 1 fully saturated rings. The predicted octanol–water partition coefficient (Wildman–Crippen LogP) is 2.34. The topological polar surface area (TPSA) is 128 Å². The molecular weight excluding hydrogens is 473 g/mol. The van der Waals surface area contributed by atoms with Crippen LogP contribution in [0.15, 0.2) is 24.4 Å². The molecule has 1 aromatic carbocycles. The van der Waals surface area contributed by atoms with Crippen molar-refractivity contribution in [1.29, 1.82) is 0 Å². The van der Waals surface area contributed by atoms with Gasteiger partial charge < -0.3 is 15.8 Å². The maximum absolute atomic E-state index is 13.7. The molecule has 3 N–H and O–H groups in total. The number of unbranched alkanes of at least 4 members (excludes halogenated alkanes) is 1. The van der Waals surface area contributed by atoms with Crippen LogP contribution in [0.3, 0.4) is 0 Å². The molecule has 0 atom stereocenters. The normalized spacial score (nSPS) is 14.8. The first-order valence-electron chi connectivity index (χ1n) is 10.6. The van der Waals surface area contributed by atoms with E-state index in [4.69, 9.17) is 22.1 Å². The predicted molar refractivity (Wildman–Crippen MR) is 125 cm³/mol. The number of methoxy groups -OCH3 is 1. The van der Waals surface area contributed by atoms with Crippen LogP contribution in [-0.4, -0.2) is 62.0 Å². The molecule has 180 valence electrons. The van der Waals surface area contributed by atoms with Gasteiger partial charge in [-0.25, -0.2) is 22.1 Å². The highest BCUT2D eigenvalue weighted by Gasteiger charge is 2.33. The third-order valence-electron chi connectivity index (χ3n) is 5.38. The molecule has 3 rings (SSSR count). The van der Waals surface area contributed by atoms with Crippen molar-refractivity contribution in [2.24, 2.45) is 0 Å². The molecule has 2 aromatic rings. The highest BCUT2D eigenvalue weighted by Crippen LogP contribution is 2.28. The van der Waals surface area contributed by atoms with Crippen LogP contribution < -0.4 is 20.1 Å². The average molecular weight is 500 g/mol. The van der Waals surface area contributed by atoms with E-state index in [1.807, 2.05) is 0 Å². The van der Waals surface area contributed by atoms with E-state index >= 15 is 0 Å². The van der Waals surface area contributed by atoms with Gasteiger partial charge in [0.15, 0.2) is 0 Å². The van der Waals surface area contributed by atoms with E-state index in [-0.39, 0.29) is 40.4 Å². The van der Waals surface area contributed by atoms with Gasteiger partial charge in [-0.05, 0) is 57.0 Å². The molecule has 0 aliphatic carbocycles. The van der Waals surface area contributed by atoms with Crippen LogP contribution in [0, 0.1) is 5.82 Å². The molecule has 1 aliphatic heterocycles. The Labute approximate surface area is 197 Å².